The molecule has 1 amide bonds. The number of hydrogen-bond donors (Lipinski definition) is 2. The Morgan fingerprint density at radius 3 is 2.46 bits per heavy atom. The molecule has 24 heavy (non-hydrogen) atoms. The van der Waals surface area contributed by atoms with Gasteiger partial charge in [-0.3, -0.25) is 9.59 Å². The second kappa shape index (κ2) is 8.67. The normalized spacial score (nSPS) is 10.2. The van der Waals surface area contributed by atoms with E-state index in [1.807, 2.05) is 24.3 Å². The Kier molecular flexibility index (Phi) is 6.31. The van der Waals surface area contributed by atoms with Crippen LogP contribution in [0, 0.1) is 0 Å². The highest BCUT2D eigenvalue weighted by atomic mass is 16.4. The molecule has 2 N–H and O–H groups in total. The third kappa shape index (κ3) is 5.39. The van der Waals surface area contributed by atoms with Gasteiger partial charge in [0, 0.05) is 19.5 Å². The molecule has 0 spiro atoms. The molecule has 126 valence electrons. The highest BCUT2D eigenvalue weighted by Crippen LogP contribution is 2.17. The van der Waals surface area contributed by atoms with Gasteiger partial charge in [-0.2, -0.15) is 0 Å². The van der Waals surface area contributed by atoms with E-state index in [1.54, 1.807) is 12.3 Å². The number of pyridine rings is 1. The van der Waals surface area contributed by atoms with E-state index in [4.69, 9.17) is 5.11 Å². The lowest BCUT2D eigenvalue weighted by Crippen LogP contribution is -2.23. The van der Waals surface area contributed by atoms with E-state index >= 15 is 0 Å². The maximum Gasteiger partial charge on any atom is 0.303 e. The van der Waals surface area contributed by atoms with Gasteiger partial charge in [-0.05, 0) is 24.6 Å². The first-order chi connectivity index (χ1) is 11.6. The Balaban J connectivity index is 1.96. The predicted molar refractivity (Wildman–Crippen MR) is 92.9 cm³/mol. The van der Waals surface area contributed by atoms with Crippen molar-refractivity contribution in [1.29, 1.82) is 0 Å². The topological polar surface area (TPSA) is 82.5 Å². The predicted octanol–water partition coefficient (Wildman–Crippen LogP) is 2.91. The fourth-order valence-electron chi connectivity index (χ4n) is 2.25. The zero-order chi connectivity index (χ0) is 17.4. The molecule has 1 heterocycles. The molecule has 1 aromatic carbocycles. The van der Waals surface area contributed by atoms with E-state index in [2.05, 4.69) is 34.3 Å². The molecule has 0 saturated carbocycles. The van der Waals surface area contributed by atoms with Gasteiger partial charge in [-0.25, -0.2) is 4.98 Å². The average Bonchev–Trinajstić information content (AvgIpc) is 2.59. The number of nitrogens with zero attached hydrogens (tertiary/aromatic N) is 2. The van der Waals surface area contributed by atoms with E-state index in [9.17, 15) is 9.59 Å². The standard InChI is InChI=1S/C18H21N3O3/c1-2-21(13-14-6-4-3-5-7-14)16-9-8-15(12-19-16)20-17(22)10-11-18(23)24/h3-9,12H,2,10-11,13H2,1H3,(H,20,22)(H,23,24). The number of hydrogen-bond acceptors (Lipinski definition) is 4. The first-order valence-corrected chi connectivity index (χ1v) is 7.85. The molecular weight excluding hydrogens is 306 g/mol. The Labute approximate surface area is 141 Å². The van der Waals surface area contributed by atoms with E-state index in [1.165, 1.54) is 5.56 Å². The first-order valence-electron chi connectivity index (χ1n) is 7.85. The molecule has 0 aliphatic carbocycles. The summed E-state index contributed by atoms with van der Waals surface area (Å²) in [5.41, 5.74) is 1.76. The van der Waals surface area contributed by atoms with Gasteiger partial charge >= 0.3 is 5.97 Å². The van der Waals surface area contributed by atoms with E-state index < -0.39 is 5.97 Å². The van der Waals surface area contributed by atoms with Crippen molar-refractivity contribution in [2.45, 2.75) is 26.3 Å². The molecule has 0 aliphatic rings. The molecule has 0 radical (unpaired) electrons. The van der Waals surface area contributed by atoms with Crippen LogP contribution in [0.4, 0.5) is 11.5 Å². The van der Waals surface area contributed by atoms with Crippen molar-refractivity contribution in [3.8, 4) is 0 Å². The zero-order valence-corrected chi connectivity index (χ0v) is 13.6. The number of anilines is 2. The average molecular weight is 327 g/mol. The van der Waals surface area contributed by atoms with Crippen LogP contribution >= 0.6 is 0 Å². The number of amides is 1. The minimum absolute atomic E-state index is 0.0494. The summed E-state index contributed by atoms with van der Waals surface area (Å²) < 4.78 is 0. The highest BCUT2D eigenvalue weighted by Gasteiger charge is 2.09. The summed E-state index contributed by atoms with van der Waals surface area (Å²) in [5, 5.41) is 11.2. The number of benzene rings is 1. The molecule has 6 nitrogen and oxygen atoms in total. The summed E-state index contributed by atoms with van der Waals surface area (Å²) in [7, 11) is 0. The van der Waals surface area contributed by atoms with Crippen molar-refractivity contribution < 1.29 is 14.7 Å². The number of carboxylic acids is 1. The van der Waals surface area contributed by atoms with E-state index in [0.29, 0.717) is 5.69 Å². The van der Waals surface area contributed by atoms with Gasteiger partial charge in [0.1, 0.15) is 5.82 Å². The van der Waals surface area contributed by atoms with Crippen LogP contribution in [0.1, 0.15) is 25.3 Å². The van der Waals surface area contributed by atoms with Gasteiger partial charge in [0.05, 0.1) is 18.3 Å². The van der Waals surface area contributed by atoms with Crippen molar-refractivity contribution in [1.82, 2.24) is 4.98 Å². The summed E-state index contributed by atoms with van der Waals surface area (Å²) in [6.07, 6.45) is 1.35. The Bertz CT molecular complexity index is 672. The summed E-state index contributed by atoms with van der Waals surface area (Å²) in [6.45, 7) is 3.63. The summed E-state index contributed by atoms with van der Waals surface area (Å²) in [5.74, 6) is -0.494. The third-order valence-corrected chi connectivity index (χ3v) is 3.52. The van der Waals surface area contributed by atoms with E-state index in [0.717, 1.165) is 18.9 Å². The van der Waals surface area contributed by atoms with Gasteiger partial charge in [0.15, 0.2) is 0 Å². The number of carboxylic acid groups (broad SMARTS) is 1. The maximum absolute atomic E-state index is 11.6. The van der Waals surface area contributed by atoms with Crippen LogP contribution in [0.2, 0.25) is 0 Å². The number of rotatable bonds is 8. The van der Waals surface area contributed by atoms with Crippen molar-refractivity contribution in [2.75, 3.05) is 16.8 Å². The van der Waals surface area contributed by atoms with Crippen LogP contribution in [-0.4, -0.2) is 28.5 Å². The van der Waals surface area contributed by atoms with E-state index in [-0.39, 0.29) is 18.7 Å². The van der Waals surface area contributed by atoms with Crippen molar-refractivity contribution in [3.63, 3.8) is 0 Å². The number of carbonyl (C=O) groups excluding carboxylic acids is 1. The van der Waals surface area contributed by atoms with Crippen LogP contribution in [0.25, 0.3) is 0 Å². The molecule has 0 unspecified atom stereocenters. The molecule has 0 bridgehead atoms. The first kappa shape index (κ1) is 17.5. The fourth-order valence-corrected chi connectivity index (χ4v) is 2.25. The van der Waals surface area contributed by atoms with Crippen molar-refractivity contribution in [3.05, 3.63) is 54.2 Å². The fraction of sp³-hybridized carbons (Fsp3) is 0.278. The van der Waals surface area contributed by atoms with Crippen molar-refractivity contribution >= 4 is 23.4 Å². The number of nitrogens with one attached hydrogen (secondary N) is 1. The number of carbonyl (C=O) groups is 2. The van der Waals surface area contributed by atoms with Gasteiger partial charge in [0.2, 0.25) is 5.91 Å². The van der Waals surface area contributed by atoms with Crippen LogP contribution in [0.3, 0.4) is 0 Å². The Morgan fingerprint density at radius 1 is 1.12 bits per heavy atom. The lowest BCUT2D eigenvalue weighted by molar-refractivity contribution is -0.138. The summed E-state index contributed by atoms with van der Waals surface area (Å²) >= 11 is 0. The third-order valence-electron chi connectivity index (χ3n) is 3.52. The molecule has 1 aromatic heterocycles. The minimum Gasteiger partial charge on any atom is -0.481 e. The Hall–Kier alpha value is -2.89. The molecule has 0 aliphatic heterocycles. The smallest absolute Gasteiger partial charge is 0.303 e. The van der Waals surface area contributed by atoms with Gasteiger partial charge in [-0.1, -0.05) is 30.3 Å². The van der Waals surface area contributed by atoms with Crippen LogP contribution in [0.5, 0.6) is 0 Å². The SMILES string of the molecule is CCN(Cc1ccccc1)c1ccc(NC(=O)CCC(=O)O)cn1. The number of aliphatic carboxylic acids is 1. The second-order valence-corrected chi connectivity index (χ2v) is 5.35. The van der Waals surface area contributed by atoms with Gasteiger partial charge < -0.3 is 15.3 Å². The maximum atomic E-state index is 11.6. The molecule has 0 saturated heterocycles. The minimum atomic E-state index is -0.988. The summed E-state index contributed by atoms with van der Waals surface area (Å²) in [4.78, 5) is 28.6. The largest absolute Gasteiger partial charge is 0.481 e. The molecule has 0 atom stereocenters. The second-order valence-electron chi connectivity index (χ2n) is 5.35. The molecule has 2 aromatic rings. The summed E-state index contributed by atoms with van der Waals surface area (Å²) in [6, 6.07) is 13.8. The molecular formula is C18H21N3O3. The zero-order valence-electron chi connectivity index (χ0n) is 13.6. The van der Waals surface area contributed by atoms with Gasteiger partial charge in [0.25, 0.3) is 0 Å². The van der Waals surface area contributed by atoms with Crippen molar-refractivity contribution in [2.24, 2.45) is 0 Å². The molecule has 6 heteroatoms. The van der Waals surface area contributed by atoms with Crippen LogP contribution in [-0.2, 0) is 16.1 Å². The number of aromatic nitrogens is 1. The lowest BCUT2D eigenvalue weighted by Gasteiger charge is -2.22. The monoisotopic (exact) mass is 327 g/mol. The quantitative estimate of drug-likeness (QED) is 0.779. The highest BCUT2D eigenvalue weighted by molar-refractivity contribution is 5.92. The van der Waals surface area contributed by atoms with Crippen LogP contribution < -0.4 is 10.2 Å². The van der Waals surface area contributed by atoms with Crippen LogP contribution in [0.15, 0.2) is 48.7 Å². The molecule has 0 fully saturated rings. The lowest BCUT2D eigenvalue weighted by atomic mass is 10.2. The Morgan fingerprint density at radius 2 is 1.88 bits per heavy atom. The van der Waals surface area contributed by atoms with Gasteiger partial charge in [-0.15, -0.1) is 0 Å². The molecule has 2 rings (SSSR count).